The molecule has 4 amide bonds. The summed E-state index contributed by atoms with van der Waals surface area (Å²) < 4.78 is 4.84. The van der Waals surface area contributed by atoms with Gasteiger partial charge >= 0.3 is 12.0 Å². The van der Waals surface area contributed by atoms with Crippen molar-refractivity contribution < 1.29 is 23.9 Å². The van der Waals surface area contributed by atoms with Gasteiger partial charge in [0.05, 0.1) is 7.11 Å². The number of nitrogens with zero attached hydrogens (tertiary/aromatic N) is 2. The summed E-state index contributed by atoms with van der Waals surface area (Å²) in [4.78, 5) is 51.6. The number of carbonyl (C=O) groups is 4. The summed E-state index contributed by atoms with van der Waals surface area (Å²) in [6, 6.07) is 6.14. The van der Waals surface area contributed by atoms with Gasteiger partial charge in [0, 0.05) is 13.0 Å². The monoisotopic (exact) mass is 359 g/mol. The molecule has 0 bridgehead atoms. The fourth-order valence-electron chi connectivity index (χ4n) is 3.32. The zero-order valence-electron chi connectivity index (χ0n) is 14.9. The van der Waals surface area contributed by atoms with Crippen molar-refractivity contribution in [3.05, 3.63) is 35.4 Å². The Labute approximate surface area is 151 Å². The lowest BCUT2D eigenvalue weighted by Gasteiger charge is -2.35. The molecule has 1 fully saturated rings. The molecule has 1 N–H and O–H groups in total. The highest BCUT2D eigenvalue weighted by molar-refractivity contribution is 6.08. The molecule has 0 aromatic heterocycles. The number of amides is 4. The van der Waals surface area contributed by atoms with Gasteiger partial charge in [-0.15, -0.1) is 0 Å². The smallest absolute Gasteiger partial charge is 0.328 e. The van der Waals surface area contributed by atoms with Crippen molar-refractivity contribution in [1.82, 2.24) is 15.1 Å². The number of nitrogens with one attached hydrogen (secondary N) is 1. The number of hydrogen-bond acceptors (Lipinski definition) is 5. The van der Waals surface area contributed by atoms with Crippen LogP contribution in [0.15, 0.2) is 24.3 Å². The number of imide groups is 1. The number of carbonyl (C=O) groups excluding carboxylic acids is 4. The number of methoxy groups -OCH3 is 1. The van der Waals surface area contributed by atoms with E-state index in [0.717, 1.165) is 16.0 Å². The van der Waals surface area contributed by atoms with Crippen LogP contribution < -0.4 is 5.32 Å². The molecule has 1 atom stereocenters. The first-order valence-corrected chi connectivity index (χ1v) is 8.33. The Hall–Kier alpha value is -2.90. The number of fused-ring (bicyclic) bond motifs is 1. The van der Waals surface area contributed by atoms with Crippen LogP contribution >= 0.6 is 0 Å². The Morgan fingerprint density at radius 3 is 2.46 bits per heavy atom. The number of rotatable bonds is 3. The first kappa shape index (κ1) is 17.9. The third-order valence-corrected chi connectivity index (χ3v) is 4.78. The standard InChI is InChI=1S/C18H21N3O5/c1-18(2)16(24)21(17(25)19-18)10-14(22)20-9-12-7-5-4-6-11(12)8-13(20)15(23)26-3/h4-7,13H,8-10H2,1-3H3,(H,19,25)/t13-/m0/s1. The van der Waals surface area contributed by atoms with Crippen molar-refractivity contribution in [3.63, 3.8) is 0 Å². The van der Waals surface area contributed by atoms with Gasteiger partial charge in [0.15, 0.2) is 0 Å². The molecule has 0 saturated carbocycles. The van der Waals surface area contributed by atoms with E-state index in [2.05, 4.69) is 5.32 Å². The summed E-state index contributed by atoms with van der Waals surface area (Å²) >= 11 is 0. The fraction of sp³-hybridized carbons (Fsp3) is 0.444. The molecule has 3 rings (SSSR count). The van der Waals surface area contributed by atoms with E-state index in [-0.39, 0.29) is 6.54 Å². The van der Waals surface area contributed by atoms with Crippen LogP contribution in [0.25, 0.3) is 0 Å². The number of urea groups is 1. The van der Waals surface area contributed by atoms with E-state index in [1.165, 1.54) is 12.0 Å². The first-order chi connectivity index (χ1) is 12.2. The molecule has 8 nitrogen and oxygen atoms in total. The molecular formula is C18H21N3O5. The maximum absolute atomic E-state index is 12.8. The third-order valence-electron chi connectivity index (χ3n) is 4.78. The van der Waals surface area contributed by atoms with Crippen LogP contribution in [-0.4, -0.2) is 58.8 Å². The van der Waals surface area contributed by atoms with E-state index in [1.807, 2.05) is 24.3 Å². The van der Waals surface area contributed by atoms with Gasteiger partial charge in [-0.3, -0.25) is 14.5 Å². The highest BCUT2D eigenvalue weighted by Crippen LogP contribution is 2.25. The molecule has 138 valence electrons. The van der Waals surface area contributed by atoms with Crippen LogP contribution in [0.5, 0.6) is 0 Å². The summed E-state index contributed by atoms with van der Waals surface area (Å²) in [7, 11) is 1.27. The van der Waals surface area contributed by atoms with Crippen molar-refractivity contribution in [2.45, 2.75) is 38.4 Å². The van der Waals surface area contributed by atoms with E-state index >= 15 is 0 Å². The predicted molar refractivity (Wildman–Crippen MR) is 90.8 cm³/mol. The molecule has 1 aromatic carbocycles. The predicted octanol–water partition coefficient (Wildman–Crippen LogP) is 0.443. The second-order valence-corrected chi connectivity index (χ2v) is 6.98. The molecule has 2 aliphatic rings. The average Bonchev–Trinajstić information content (AvgIpc) is 2.81. The summed E-state index contributed by atoms with van der Waals surface area (Å²) in [5.74, 6) is -1.47. The van der Waals surface area contributed by atoms with Gasteiger partial charge < -0.3 is 15.0 Å². The van der Waals surface area contributed by atoms with Crippen molar-refractivity contribution in [2.75, 3.05) is 13.7 Å². The van der Waals surface area contributed by atoms with Crippen molar-refractivity contribution in [3.8, 4) is 0 Å². The molecule has 0 unspecified atom stereocenters. The van der Waals surface area contributed by atoms with Crippen LogP contribution in [0.2, 0.25) is 0 Å². The number of benzene rings is 1. The van der Waals surface area contributed by atoms with E-state index < -0.39 is 41.9 Å². The maximum Gasteiger partial charge on any atom is 0.328 e. The topological polar surface area (TPSA) is 96.0 Å². The van der Waals surface area contributed by atoms with E-state index in [9.17, 15) is 19.2 Å². The molecule has 2 heterocycles. The molecule has 8 heteroatoms. The largest absolute Gasteiger partial charge is 0.467 e. The summed E-state index contributed by atoms with van der Waals surface area (Å²) in [6.45, 7) is 2.96. The van der Waals surface area contributed by atoms with Gasteiger partial charge in [-0.05, 0) is 25.0 Å². The number of esters is 1. The van der Waals surface area contributed by atoms with Gasteiger partial charge in [-0.25, -0.2) is 9.59 Å². The van der Waals surface area contributed by atoms with Crippen molar-refractivity contribution in [2.24, 2.45) is 0 Å². The molecule has 0 spiro atoms. The Kier molecular flexibility index (Phi) is 4.43. The van der Waals surface area contributed by atoms with Crippen LogP contribution in [0.4, 0.5) is 4.79 Å². The first-order valence-electron chi connectivity index (χ1n) is 8.33. The van der Waals surface area contributed by atoms with Crippen LogP contribution in [0.1, 0.15) is 25.0 Å². The normalized spacial score (nSPS) is 21.3. The number of ether oxygens (including phenoxy) is 1. The molecule has 26 heavy (non-hydrogen) atoms. The van der Waals surface area contributed by atoms with Gasteiger partial charge in [0.25, 0.3) is 5.91 Å². The van der Waals surface area contributed by atoms with E-state index in [0.29, 0.717) is 6.42 Å². The lowest BCUT2D eigenvalue weighted by atomic mass is 9.94. The quantitative estimate of drug-likeness (QED) is 0.624. The minimum atomic E-state index is -1.05. The zero-order valence-corrected chi connectivity index (χ0v) is 14.9. The summed E-state index contributed by atoms with van der Waals surface area (Å²) in [6.07, 6.45) is 0.334. The SMILES string of the molecule is COC(=O)[C@@H]1Cc2ccccc2CN1C(=O)CN1C(=O)NC(C)(C)C1=O. The van der Waals surface area contributed by atoms with Crippen LogP contribution in [-0.2, 0) is 32.1 Å². The minimum absolute atomic E-state index is 0.224. The maximum atomic E-state index is 12.8. The molecule has 1 aromatic rings. The highest BCUT2D eigenvalue weighted by atomic mass is 16.5. The second-order valence-electron chi connectivity index (χ2n) is 6.98. The Morgan fingerprint density at radius 1 is 1.23 bits per heavy atom. The average molecular weight is 359 g/mol. The van der Waals surface area contributed by atoms with Gasteiger partial charge in [0.1, 0.15) is 18.1 Å². The van der Waals surface area contributed by atoms with Crippen LogP contribution in [0.3, 0.4) is 0 Å². The Morgan fingerprint density at radius 2 is 1.88 bits per heavy atom. The van der Waals surface area contributed by atoms with E-state index in [1.54, 1.807) is 13.8 Å². The lowest BCUT2D eigenvalue weighted by Crippen LogP contribution is -2.52. The minimum Gasteiger partial charge on any atom is -0.467 e. The van der Waals surface area contributed by atoms with Crippen molar-refractivity contribution in [1.29, 1.82) is 0 Å². The molecule has 2 aliphatic heterocycles. The fourth-order valence-corrected chi connectivity index (χ4v) is 3.32. The zero-order chi connectivity index (χ0) is 19.1. The van der Waals surface area contributed by atoms with Gasteiger partial charge in [0.2, 0.25) is 5.91 Å². The Bertz CT molecular complexity index is 789. The highest BCUT2D eigenvalue weighted by Gasteiger charge is 2.46. The van der Waals surface area contributed by atoms with Crippen molar-refractivity contribution >= 4 is 23.8 Å². The van der Waals surface area contributed by atoms with E-state index in [4.69, 9.17) is 4.74 Å². The molecular weight excluding hydrogens is 338 g/mol. The molecule has 0 radical (unpaired) electrons. The second kappa shape index (κ2) is 6.44. The van der Waals surface area contributed by atoms with Gasteiger partial charge in [-0.1, -0.05) is 24.3 Å². The van der Waals surface area contributed by atoms with Crippen LogP contribution in [0, 0.1) is 0 Å². The molecule has 1 saturated heterocycles. The lowest BCUT2D eigenvalue weighted by molar-refractivity contribution is -0.154. The summed E-state index contributed by atoms with van der Waals surface area (Å²) in [5.41, 5.74) is 0.856. The number of hydrogen-bond donors (Lipinski definition) is 1. The Balaban J connectivity index is 1.84. The third kappa shape index (κ3) is 3.02. The van der Waals surface area contributed by atoms with Gasteiger partial charge in [-0.2, -0.15) is 0 Å². The summed E-state index contributed by atoms with van der Waals surface area (Å²) in [5, 5.41) is 2.54. The molecule has 0 aliphatic carbocycles.